The molecular formula is C15H18N2O. The van der Waals surface area contributed by atoms with Gasteiger partial charge in [0.15, 0.2) is 0 Å². The van der Waals surface area contributed by atoms with Crippen molar-refractivity contribution in [2.24, 2.45) is 0 Å². The Kier molecular flexibility index (Phi) is 3.26. The maximum Gasteiger partial charge on any atom is 0.0702 e. The molecule has 1 aromatic carbocycles. The quantitative estimate of drug-likeness (QED) is 0.875. The minimum atomic E-state index is 0.439. The number of hydrogen-bond acceptors (Lipinski definition) is 3. The van der Waals surface area contributed by atoms with Gasteiger partial charge in [-0.05, 0) is 42.7 Å². The van der Waals surface area contributed by atoms with Gasteiger partial charge < -0.3 is 10.1 Å². The molecule has 3 nitrogen and oxygen atoms in total. The first-order chi connectivity index (χ1) is 8.81. The zero-order valence-corrected chi connectivity index (χ0v) is 10.6. The van der Waals surface area contributed by atoms with Gasteiger partial charge in [-0.25, -0.2) is 0 Å². The van der Waals surface area contributed by atoms with Crippen LogP contribution >= 0.6 is 0 Å². The van der Waals surface area contributed by atoms with E-state index >= 15 is 0 Å². The molecule has 2 heterocycles. The van der Waals surface area contributed by atoms with Crippen LogP contribution < -0.4 is 5.32 Å². The van der Waals surface area contributed by atoms with Crippen LogP contribution in [-0.4, -0.2) is 30.8 Å². The van der Waals surface area contributed by atoms with E-state index in [2.05, 4.69) is 41.5 Å². The van der Waals surface area contributed by atoms with Crippen molar-refractivity contribution in [1.82, 2.24) is 10.3 Å². The van der Waals surface area contributed by atoms with Gasteiger partial charge in [0.2, 0.25) is 0 Å². The summed E-state index contributed by atoms with van der Waals surface area (Å²) in [4.78, 5) is 4.43. The summed E-state index contributed by atoms with van der Waals surface area (Å²) in [7, 11) is 0. The van der Waals surface area contributed by atoms with Crippen LogP contribution in [0.3, 0.4) is 0 Å². The van der Waals surface area contributed by atoms with Crippen molar-refractivity contribution in [3.8, 4) is 0 Å². The minimum absolute atomic E-state index is 0.439. The lowest BCUT2D eigenvalue weighted by Gasteiger charge is -2.23. The number of nitrogens with one attached hydrogen (secondary N) is 1. The Morgan fingerprint density at radius 3 is 3.17 bits per heavy atom. The third-order valence-corrected chi connectivity index (χ3v) is 3.36. The second-order valence-electron chi connectivity index (χ2n) is 4.97. The first-order valence-electron chi connectivity index (χ1n) is 6.48. The fourth-order valence-electron chi connectivity index (χ4n) is 2.45. The monoisotopic (exact) mass is 242 g/mol. The second kappa shape index (κ2) is 5.04. The smallest absolute Gasteiger partial charge is 0.0702 e. The number of benzene rings is 1. The van der Waals surface area contributed by atoms with Crippen LogP contribution in [0.1, 0.15) is 11.1 Å². The van der Waals surface area contributed by atoms with E-state index in [1.165, 1.54) is 16.5 Å². The Morgan fingerprint density at radius 2 is 2.33 bits per heavy atom. The maximum atomic E-state index is 5.49. The highest BCUT2D eigenvalue weighted by Crippen LogP contribution is 2.16. The summed E-state index contributed by atoms with van der Waals surface area (Å²) < 4.78 is 5.49. The van der Waals surface area contributed by atoms with Crippen molar-refractivity contribution < 1.29 is 4.74 Å². The number of rotatable bonds is 2. The zero-order chi connectivity index (χ0) is 12.4. The number of aromatic nitrogens is 1. The highest BCUT2D eigenvalue weighted by Gasteiger charge is 2.13. The van der Waals surface area contributed by atoms with E-state index in [1.54, 1.807) is 0 Å². The molecule has 1 unspecified atom stereocenters. The lowest BCUT2D eigenvalue weighted by molar-refractivity contribution is 0.0770. The molecule has 1 aromatic heterocycles. The molecule has 0 saturated carbocycles. The highest BCUT2D eigenvalue weighted by molar-refractivity contribution is 5.79. The number of pyridine rings is 1. The van der Waals surface area contributed by atoms with Gasteiger partial charge in [0.05, 0.1) is 18.7 Å². The first kappa shape index (κ1) is 11.6. The van der Waals surface area contributed by atoms with Crippen LogP contribution in [-0.2, 0) is 11.2 Å². The van der Waals surface area contributed by atoms with Gasteiger partial charge in [-0.15, -0.1) is 0 Å². The van der Waals surface area contributed by atoms with E-state index < -0.39 is 0 Å². The van der Waals surface area contributed by atoms with Crippen LogP contribution in [0.4, 0.5) is 0 Å². The molecule has 0 spiro atoms. The van der Waals surface area contributed by atoms with E-state index in [0.29, 0.717) is 6.04 Å². The standard InChI is InChI=1S/C15H18N2O/c1-11-6-13-7-12(2-3-15(13)17-9-11)8-14-10-18-5-4-16-14/h2-3,6-7,9,14,16H,4-5,8,10H2,1H3. The van der Waals surface area contributed by atoms with Crippen LogP contribution in [0.15, 0.2) is 30.5 Å². The predicted octanol–water partition coefficient (Wildman–Crippen LogP) is 2.07. The van der Waals surface area contributed by atoms with Crippen molar-refractivity contribution in [3.63, 3.8) is 0 Å². The molecule has 1 N–H and O–H groups in total. The third kappa shape index (κ3) is 2.52. The van der Waals surface area contributed by atoms with Crippen LogP contribution in [0.25, 0.3) is 10.9 Å². The van der Waals surface area contributed by atoms with Gasteiger partial charge in [-0.3, -0.25) is 4.98 Å². The number of hydrogen-bond donors (Lipinski definition) is 1. The summed E-state index contributed by atoms with van der Waals surface area (Å²) in [5.41, 5.74) is 3.62. The van der Waals surface area contributed by atoms with E-state index in [0.717, 1.165) is 31.7 Å². The zero-order valence-electron chi connectivity index (χ0n) is 10.6. The normalized spacial score (nSPS) is 20.2. The van der Waals surface area contributed by atoms with Crippen LogP contribution in [0.5, 0.6) is 0 Å². The summed E-state index contributed by atoms with van der Waals surface area (Å²) >= 11 is 0. The third-order valence-electron chi connectivity index (χ3n) is 3.36. The van der Waals surface area contributed by atoms with Gasteiger partial charge in [-0.1, -0.05) is 6.07 Å². The molecular weight excluding hydrogens is 224 g/mol. The molecule has 0 bridgehead atoms. The minimum Gasteiger partial charge on any atom is -0.379 e. The molecule has 1 fully saturated rings. The highest BCUT2D eigenvalue weighted by atomic mass is 16.5. The van der Waals surface area contributed by atoms with E-state index in [4.69, 9.17) is 4.74 Å². The molecule has 3 rings (SSSR count). The summed E-state index contributed by atoms with van der Waals surface area (Å²) in [5, 5.41) is 4.71. The molecule has 3 heteroatoms. The summed E-state index contributed by atoms with van der Waals surface area (Å²) in [5.74, 6) is 0. The Hall–Kier alpha value is -1.45. The second-order valence-corrected chi connectivity index (χ2v) is 4.97. The predicted molar refractivity (Wildman–Crippen MR) is 72.8 cm³/mol. The molecule has 0 radical (unpaired) electrons. The molecule has 94 valence electrons. The maximum absolute atomic E-state index is 5.49. The molecule has 2 aromatic rings. The Bertz CT molecular complexity index is 547. The van der Waals surface area contributed by atoms with Gasteiger partial charge >= 0.3 is 0 Å². The van der Waals surface area contributed by atoms with Gasteiger partial charge in [0, 0.05) is 24.2 Å². The summed E-state index contributed by atoms with van der Waals surface area (Å²) in [6, 6.07) is 9.14. The summed E-state index contributed by atoms with van der Waals surface area (Å²) in [6.07, 6.45) is 2.93. The van der Waals surface area contributed by atoms with Crippen molar-refractivity contribution in [2.75, 3.05) is 19.8 Å². The van der Waals surface area contributed by atoms with Gasteiger partial charge in [0.25, 0.3) is 0 Å². The Labute approximate surface area is 107 Å². The SMILES string of the molecule is Cc1cnc2ccc(CC3COCCN3)cc2c1. The van der Waals surface area contributed by atoms with E-state index in [9.17, 15) is 0 Å². The van der Waals surface area contributed by atoms with Gasteiger partial charge in [-0.2, -0.15) is 0 Å². The lowest BCUT2D eigenvalue weighted by Crippen LogP contribution is -2.42. The molecule has 1 atom stereocenters. The van der Waals surface area contributed by atoms with Crippen LogP contribution in [0.2, 0.25) is 0 Å². The van der Waals surface area contributed by atoms with Crippen molar-refractivity contribution in [2.45, 2.75) is 19.4 Å². The topological polar surface area (TPSA) is 34.1 Å². The number of aryl methyl sites for hydroxylation is 1. The first-order valence-corrected chi connectivity index (χ1v) is 6.48. The number of ether oxygens (including phenoxy) is 1. The number of morpholine rings is 1. The molecule has 1 aliphatic heterocycles. The molecule has 18 heavy (non-hydrogen) atoms. The van der Waals surface area contributed by atoms with E-state index in [1.807, 2.05) is 6.20 Å². The Balaban J connectivity index is 1.83. The summed E-state index contributed by atoms with van der Waals surface area (Å²) in [6.45, 7) is 4.68. The average molecular weight is 242 g/mol. The fourth-order valence-corrected chi connectivity index (χ4v) is 2.45. The van der Waals surface area contributed by atoms with Crippen molar-refractivity contribution in [1.29, 1.82) is 0 Å². The number of nitrogens with zero attached hydrogens (tertiary/aromatic N) is 1. The molecule has 0 amide bonds. The average Bonchev–Trinajstić information content (AvgIpc) is 2.39. The van der Waals surface area contributed by atoms with Gasteiger partial charge in [0.1, 0.15) is 0 Å². The van der Waals surface area contributed by atoms with E-state index in [-0.39, 0.29) is 0 Å². The lowest BCUT2D eigenvalue weighted by atomic mass is 10.0. The molecule has 1 saturated heterocycles. The Morgan fingerprint density at radius 1 is 1.39 bits per heavy atom. The molecule has 1 aliphatic rings. The van der Waals surface area contributed by atoms with Crippen molar-refractivity contribution in [3.05, 3.63) is 41.6 Å². The van der Waals surface area contributed by atoms with Crippen molar-refractivity contribution >= 4 is 10.9 Å². The fraction of sp³-hybridized carbons (Fsp3) is 0.400. The number of fused-ring (bicyclic) bond motifs is 1. The largest absolute Gasteiger partial charge is 0.379 e. The van der Waals surface area contributed by atoms with Crippen LogP contribution in [0, 0.1) is 6.92 Å². The molecule has 0 aliphatic carbocycles.